The Kier molecular flexibility index (Phi) is 5.02. The van der Waals surface area contributed by atoms with Crippen LogP contribution in [0.2, 0.25) is 0 Å². The number of carbonyl (C=O) groups excluding carboxylic acids is 1. The summed E-state index contributed by atoms with van der Waals surface area (Å²) in [6.45, 7) is 6.57. The first-order valence-corrected chi connectivity index (χ1v) is 8.66. The highest BCUT2D eigenvalue weighted by molar-refractivity contribution is 5.77. The van der Waals surface area contributed by atoms with E-state index in [9.17, 15) is 4.79 Å². The van der Waals surface area contributed by atoms with Crippen LogP contribution in [0.1, 0.15) is 31.2 Å². The van der Waals surface area contributed by atoms with Crippen LogP contribution in [0.5, 0.6) is 0 Å². The number of fused-ring (bicyclic) bond motifs is 4. The Bertz CT molecular complexity index is 542. The molecule has 1 aromatic heterocycles. The minimum atomic E-state index is 0.195. The molecule has 0 unspecified atom stereocenters. The number of aromatic nitrogens is 1. The standard InChI is InChI=1S/C17H28N4O2/c1-4-14-7-16(23-18-14)11-21-9-13-5-6-15(21)10-20(8-13)12-17(22)19(2)3/h7,13,15H,4-6,8-12H2,1-3H3/t13-,15+/m1/s1. The molecule has 1 amide bonds. The van der Waals surface area contributed by atoms with Gasteiger partial charge in [-0.15, -0.1) is 0 Å². The molecular weight excluding hydrogens is 292 g/mol. The molecule has 2 atom stereocenters. The second kappa shape index (κ2) is 7.01. The molecule has 3 aliphatic heterocycles. The molecular formula is C17H28N4O2. The lowest BCUT2D eigenvalue weighted by atomic mass is 9.95. The molecule has 1 aromatic rings. The monoisotopic (exact) mass is 320 g/mol. The fourth-order valence-corrected chi connectivity index (χ4v) is 3.73. The van der Waals surface area contributed by atoms with Crippen LogP contribution in [-0.4, -0.2) is 72.1 Å². The van der Waals surface area contributed by atoms with Gasteiger partial charge in [0.1, 0.15) is 0 Å². The van der Waals surface area contributed by atoms with Gasteiger partial charge in [0.25, 0.3) is 0 Å². The van der Waals surface area contributed by atoms with Crippen molar-refractivity contribution in [3.8, 4) is 0 Å². The van der Waals surface area contributed by atoms with Crippen LogP contribution in [-0.2, 0) is 17.8 Å². The van der Waals surface area contributed by atoms with Crippen LogP contribution in [0.25, 0.3) is 0 Å². The lowest BCUT2D eigenvalue weighted by Gasteiger charge is -2.35. The van der Waals surface area contributed by atoms with Gasteiger partial charge >= 0.3 is 0 Å². The Morgan fingerprint density at radius 1 is 1.35 bits per heavy atom. The number of likely N-dealkylation sites (N-methyl/N-ethyl adjacent to an activating group) is 1. The van der Waals surface area contributed by atoms with Crippen LogP contribution in [0.4, 0.5) is 0 Å². The number of carbonyl (C=O) groups is 1. The topological polar surface area (TPSA) is 52.8 Å². The summed E-state index contributed by atoms with van der Waals surface area (Å²) in [7, 11) is 3.66. The summed E-state index contributed by atoms with van der Waals surface area (Å²) in [5, 5.41) is 4.10. The van der Waals surface area contributed by atoms with E-state index in [1.165, 1.54) is 12.8 Å². The molecule has 4 rings (SSSR count). The molecule has 3 fully saturated rings. The van der Waals surface area contributed by atoms with E-state index in [1.807, 2.05) is 14.1 Å². The van der Waals surface area contributed by atoms with E-state index >= 15 is 0 Å². The van der Waals surface area contributed by atoms with Gasteiger partial charge in [-0.05, 0) is 25.2 Å². The SMILES string of the molecule is CCc1cc(CN2C[C@@H]3CC[C@H]2CN(CC(=O)N(C)C)C3)on1. The van der Waals surface area contributed by atoms with Crippen LogP contribution >= 0.6 is 0 Å². The number of aryl methyl sites for hydroxylation is 1. The Morgan fingerprint density at radius 2 is 2.17 bits per heavy atom. The molecule has 23 heavy (non-hydrogen) atoms. The lowest BCUT2D eigenvalue weighted by Crippen LogP contribution is -2.44. The van der Waals surface area contributed by atoms with Crippen LogP contribution < -0.4 is 0 Å². The van der Waals surface area contributed by atoms with Crippen molar-refractivity contribution in [3.05, 3.63) is 17.5 Å². The van der Waals surface area contributed by atoms with Crippen LogP contribution in [0.15, 0.2) is 10.6 Å². The smallest absolute Gasteiger partial charge is 0.236 e. The van der Waals surface area contributed by atoms with E-state index in [0.717, 1.165) is 44.1 Å². The predicted octanol–water partition coefficient (Wildman–Crippen LogP) is 1.22. The van der Waals surface area contributed by atoms with E-state index in [2.05, 4.69) is 27.9 Å². The zero-order valence-electron chi connectivity index (χ0n) is 14.5. The van der Waals surface area contributed by atoms with E-state index < -0.39 is 0 Å². The van der Waals surface area contributed by atoms with Gasteiger partial charge in [-0.1, -0.05) is 12.1 Å². The average Bonchev–Trinajstić information content (AvgIpc) is 2.80. The van der Waals surface area contributed by atoms with Crippen molar-refractivity contribution in [3.63, 3.8) is 0 Å². The Labute approximate surface area is 138 Å². The van der Waals surface area contributed by atoms with Crippen molar-refractivity contribution in [1.29, 1.82) is 0 Å². The molecule has 2 bridgehead atoms. The molecule has 0 aromatic carbocycles. The van der Waals surface area contributed by atoms with Crippen molar-refractivity contribution in [2.75, 3.05) is 40.3 Å². The van der Waals surface area contributed by atoms with Crippen molar-refractivity contribution >= 4 is 5.91 Å². The molecule has 6 nitrogen and oxygen atoms in total. The summed E-state index contributed by atoms with van der Waals surface area (Å²) in [6, 6.07) is 2.59. The zero-order valence-corrected chi connectivity index (χ0v) is 14.5. The van der Waals surface area contributed by atoms with E-state index in [1.54, 1.807) is 4.90 Å². The van der Waals surface area contributed by atoms with Crippen molar-refractivity contribution < 1.29 is 9.32 Å². The van der Waals surface area contributed by atoms with Gasteiger partial charge in [0.15, 0.2) is 5.76 Å². The highest BCUT2D eigenvalue weighted by atomic mass is 16.5. The Balaban J connectivity index is 1.63. The zero-order chi connectivity index (χ0) is 16.4. The molecule has 0 aliphatic carbocycles. The van der Waals surface area contributed by atoms with E-state index in [-0.39, 0.29) is 5.91 Å². The van der Waals surface area contributed by atoms with Gasteiger partial charge in [-0.2, -0.15) is 0 Å². The summed E-state index contributed by atoms with van der Waals surface area (Å²) in [4.78, 5) is 18.6. The molecule has 0 saturated carbocycles. The second-order valence-electron chi connectivity index (χ2n) is 7.15. The maximum Gasteiger partial charge on any atom is 0.236 e. The molecule has 0 N–H and O–H groups in total. The number of nitrogens with zero attached hydrogens (tertiary/aromatic N) is 4. The van der Waals surface area contributed by atoms with Crippen molar-refractivity contribution in [2.24, 2.45) is 5.92 Å². The highest BCUT2D eigenvalue weighted by Gasteiger charge is 2.35. The third kappa shape index (κ3) is 3.93. The van der Waals surface area contributed by atoms with Crippen molar-refractivity contribution in [1.82, 2.24) is 19.9 Å². The first-order valence-electron chi connectivity index (χ1n) is 8.66. The molecule has 0 radical (unpaired) electrons. The Hall–Kier alpha value is -1.40. The van der Waals surface area contributed by atoms with Crippen molar-refractivity contribution in [2.45, 2.75) is 38.8 Å². The van der Waals surface area contributed by atoms with Gasteiger partial charge in [-0.3, -0.25) is 14.6 Å². The molecule has 0 spiro atoms. The highest BCUT2D eigenvalue weighted by Crippen LogP contribution is 2.29. The van der Waals surface area contributed by atoms with Gasteiger partial charge < -0.3 is 9.42 Å². The van der Waals surface area contributed by atoms with Gasteiger partial charge in [0.2, 0.25) is 5.91 Å². The summed E-state index contributed by atoms with van der Waals surface area (Å²) in [6.07, 6.45) is 3.40. The van der Waals surface area contributed by atoms with Gasteiger partial charge in [0, 0.05) is 45.8 Å². The number of amides is 1. The number of hydrogen-bond acceptors (Lipinski definition) is 5. The minimum absolute atomic E-state index is 0.195. The molecule has 6 heteroatoms. The first-order chi connectivity index (χ1) is 11.0. The largest absolute Gasteiger partial charge is 0.360 e. The summed E-state index contributed by atoms with van der Waals surface area (Å²) < 4.78 is 5.46. The van der Waals surface area contributed by atoms with Crippen LogP contribution in [0, 0.1) is 5.92 Å². The maximum absolute atomic E-state index is 12.0. The summed E-state index contributed by atoms with van der Waals surface area (Å²) >= 11 is 0. The number of hydrogen-bond donors (Lipinski definition) is 0. The minimum Gasteiger partial charge on any atom is -0.360 e. The summed E-state index contributed by atoms with van der Waals surface area (Å²) in [5.74, 6) is 1.81. The quantitative estimate of drug-likeness (QED) is 0.816. The third-order valence-electron chi connectivity index (χ3n) is 5.09. The number of rotatable bonds is 5. The fourth-order valence-electron chi connectivity index (χ4n) is 3.73. The molecule has 3 saturated heterocycles. The Morgan fingerprint density at radius 3 is 2.87 bits per heavy atom. The second-order valence-corrected chi connectivity index (χ2v) is 7.15. The van der Waals surface area contributed by atoms with Gasteiger partial charge in [0.05, 0.1) is 18.8 Å². The maximum atomic E-state index is 12.0. The predicted molar refractivity (Wildman–Crippen MR) is 87.9 cm³/mol. The first kappa shape index (κ1) is 16.5. The van der Waals surface area contributed by atoms with E-state index in [0.29, 0.717) is 18.5 Å². The third-order valence-corrected chi connectivity index (χ3v) is 5.09. The molecule has 4 heterocycles. The lowest BCUT2D eigenvalue weighted by molar-refractivity contribution is -0.130. The van der Waals surface area contributed by atoms with E-state index in [4.69, 9.17) is 4.52 Å². The van der Waals surface area contributed by atoms with Crippen LogP contribution in [0.3, 0.4) is 0 Å². The molecule has 128 valence electrons. The van der Waals surface area contributed by atoms with Gasteiger partial charge in [-0.25, -0.2) is 0 Å². The molecule has 3 aliphatic rings. The fraction of sp³-hybridized carbons (Fsp3) is 0.765. The summed E-state index contributed by atoms with van der Waals surface area (Å²) in [5.41, 5.74) is 1.03. The normalized spacial score (nSPS) is 25.5. The number of piperidine rings is 1. The average molecular weight is 320 g/mol.